The molecule has 0 N–H and O–H groups in total. The van der Waals surface area contributed by atoms with Crippen molar-refractivity contribution in [2.75, 3.05) is 39.5 Å². The normalized spacial score (nSPS) is 21.9. The average Bonchev–Trinajstić information content (AvgIpc) is 2.57. The van der Waals surface area contributed by atoms with Gasteiger partial charge < -0.3 is 14.2 Å². The van der Waals surface area contributed by atoms with Gasteiger partial charge in [0.25, 0.3) is 0 Å². The summed E-state index contributed by atoms with van der Waals surface area (Å²) in [6.07, 6.45) is 0.620. The molecule has 0 amide bonds. The Balaban J connectivity index is 1.33. The van der Waals surface area contributed by atoms with Crippen LogP contribution in [0.5, 0.6) is 5.75 Å². The maximum absolute atomic E-state index is 5.78. The van der Waals surface area contributed by atoms with E-state index in [2.05, 4.69) is 43.0 Å². The van der Waals surface area contributed by atoms with Gasteiger partial charge in [-0.2, -0.15) is 0 Å². The summed E-state index contributed by atoms with van der Waals surface area (Å²) in [6, 6.07) is 14.5. The molecule has 2 aromatic carbocycles. The maximum atomic E-state index is 5.78. The second-order valence-corrected chi connectivity index (χ2v) is 6.49. The average molecular weight is 329 g/mol. The molecule has 0 aliphatic carbocycles. The van der Waals surface area contributed by atoms with E-state index in [0.29, 0.717) is 25.4 Å². The van der Waals surface area contributed by atoms with E-state index < -0.39 is 0 Å². The van der Waals surface area contributed by atoms with Crippen molar-refractivity contribution in [1.82, 2.24) is 4.90 Å². The first kappa shape index (κ1) is 17.2. The first-order chi connectivity index (χ1) is 11.7. The summed E-state index contributed by atoms with van der Waals surface area (Å²) in [5, 5.41) is 2.43. The van der Waals surface area contributed by atoms with E-state index in [4.69, 9.17) is 14.2 Å². The minimum atomic E-state index is 0.310. The molecule has 1 aliphatic heterocycles. The highest BCUT2D eigenvalue weighted by atomic mass is 16.5. The van der Waals surface area contributed by atoms with Gasteiger partial charge >= 0.3 is 0 Å². The molecule has 24 heavy (non-hydrogen) atoms. The largest absolute Gasteiger partial charge is 0.491 e. The van der Waals surface area contributed by atoms with Crippen LogP contribution in [0.15, 0.2) is 42.5 Å². The van der Waals surface area contributed by atoms with Crippen molar-refractivity contribution in [3.63, 3.8) is 0 Å². The lowest BCUT2D eigenvalue weighted by molar-refractivity contribution is -0.0734. The van der Waals surface area contributed by atoms with E-state index in [9.17, 15) is 0 Å². The van der Waals surface area contributed by atoms with Gasteiger partial charge in [0.05, 0.1) is 25.4 Å². The Morgan fingerprint density at radius 3 is 2.50 bits per heavy atom. The third-order valence-electron chi connectivity index (χ3n) is 4.26. The Morgan fingerprint density at radius 2 is 1.71 bits per heavy atom. The van der Waals surface area contributed by atoms with Gasteiger partial charge in [-0.05, 0) is 36.8 Å². The van der Waals surface area contributed by atoms with Crippen molar-refractivity contribution in [3.8, 4) is 5.75 Å². The van der Waals surface area contributed by atoms with E-state index in [1.54, 1.807) is 0 Å². The number of hydrogen-bond donors (Lipinski definition) is 0. The Morgan fingerprint density at radius 1 is 0.958 bits per heavy atom. The van der Waals surface area contributed by atoms with Crippen LogP contribution in [0.1, 0.15) is 13.8 Å². The molecular formula is C20H27NO3. The predicted molar refractivity (Wildman–Crippen MR) is 96.7 cm³/mol. The molecule has 0 aromatic heterocycles. The minimum Gasteiger partial charge on any atom is -0.491 e. The van der Waals surface area contributed by atoms with E-state index in [1.165, 1.54) is 10.8 Å². The lowest BCUT2D eigenvalue weighted by Crippen LogP contribution is -2.46. The third-order valence-corrected chi connectivity index (χ3v) is 4.26. The van der Waals surface area contributed by atoms with Crippen LogP contribution in [0.4, 0.5) is 0 Å². The zero-order valence-corrected chi connectivity index (χ0v) is 14.6. The van der Waals surface area contributed by atoms with E-state index in [-0.39, 0.29) is 0 Å². The number of ether oxygens (including phenoxy) is 3. The highest BCUT2D eigenvalue weighted by Gasteiger charge is 2.21. The van der Waals surface area contributed by atoms with E-state index in [1.807, 2.05) is 18.2 Å². The molecule has 4 nitrogen and oxygen atoms in total. The van der Waals surface area contributed by atoms with Crippen LogP contribution in [-0.4, -0.2) is 56.6 Å². The van der Waals surface area contributed by atoms with Gasteiger partial charge in [-0.25, -0.2) is 0 Å². The van der Waals surface area contributed by atoms with Gasteiger partial charge in [-0.3, -0.25) is 4.90 Å². The van der Waals surface area contributed by atoms with Crippen molar-refractivity contribution in [2.24, 2.45) is 0 Å². The number of hydrogen-bond acceptors (Lipinski definition) is 4. The standard InChI is InChI=1S/C20H27NO3/c1-16-14-21(15-17(2)24-16)9-10-22-11-12-23-20-8-7-18-5-3-4-6-19(18)13-20/h3-8,13,16-17H,9-12,14-15H2,1-2H3/t16-,17+. The van der Waals surface area contributed by atoms with Crippen LogP contribution in [0.3, 0.4) is 0 Å². The Bertz CT molecular complexity index is 636. The monoisotopic (exact) mass is 329 g/mol. The molecule has 0 radical (unpaired) electrons. The number of morpholine rings is 1. The van der Waals surface area contributed by atoms with Crippen LogP contribution in [0.2, 0.25) is 0 Å². The molecular weight excluding hydrogens is 302 g/mol. The van der Waals surface area contributed by atoms with Crippen molar-refractivity contribution in [2.45, 2.75) is 26.1 Å². The molecule has 130 valence electrons. The topological polar surface area (TPSA) is 30.9 Å². The molecule has 2 atom stereocenters. The molecule has 4 heteroatoms. The van der Waals surface area contributed by atoms with Crippen molar-refractivity contribution >= 4 is 10.8 Å². The maximum Gasteiger partial charge on any atom is 0.120 e. The molecule has 0 saturated carbocycles. The second kappa shape index (κ2) is 8.47. The Kier molecular flexibility index (Phi) is 6.07. The summed E-state index contributed by atoms with van der Waals surface area (Å²) in [6.45, 7) is 9.11. The first-order valence-corrected chi connectivity index (χ1v) is 8.78. The summed E-state index contributed by atoms with van der Waals surface area (Å²) in [7, 11) is 0. The zero-order valence-electron chi connectivity index (χ0n) is 14.6. The predicted octanol–water partition coefficient (Wildman–Crippen LogP) is 3.34. The molecule has 0 bridgehead atoms. The first-order valence-electron chi connectivity index (χ1n) is 8.78. The highest BCUT2D eigenvalue weighted by Crippen LogP contribution is 2.20. The van der Waals surface area contributed by atoms with E-state index in [0.717, 1.165) is 32.0 Å². The summed E-state index contributed by atoms with van der Waals surface area (Å²) >= 11 is 0. The van der Waals surface area contributed by atoms with Gasteiger partial charge in [-0.1, -0.05) is 30.3 Å². The lowest BCUT2D eigenvalue weighted by atomic mass is 10.1. The van der Waals surface area contributed by atoms with E-state index >= 15 is 0 Å². The summed E-state index contributed by atoms with van der Waals surface area (Å²) in [5.74, 6) is 0.896. The lowest BCUT2D eigenvalue weighted by Gasteiger charge is -2.35. The number of rotatable bonds is 7. The fourth-order valence-corrected chi connectivity index (χ4v) is 3.24. The second-order valence-electron chi connectivity index (χ2n) is 6.49. The third kappa shape index (κ3) is 4.94. The summed E-state index contributed by atoms with van der Waals surface area (Å²) in [5.41, 5.74) is 0. The Labute approximate surface area is 144 Å². The summed E-state index contributed by atoms with van der Waals surface area (Å²) < 4.78 is 17.2. The van der Waals surface area contributed by atoms with Crippen LogP contribution >= 0.6 is 0 Å². The number of benzene rings is 2. The number of nitrogens with zero attached hydrogens (tertiary/aromatic N) is 1. The van der Waals surface area contributed by atoms with Crippen LogP contribution < -0.4 is 4.74 Å². The van der Waals surface area contributed by atoms with Gasteiger partial charge in [0, 0.05) is 19.6 Å². The van der Waals surface area contributed by atoms with Crippen LogP contribution in [0, 0.1) is 0 Å². The fourth-order valence-electron chi connectivity index (χ4n) is 3.24. The van der Waals surface area contributed by atoms with Crippen molar-refractivity contribution in [3.05, 3.63) is 42.5 Å². The quantitative estimate of drug-likeness (QED) is 0.729. The molecule has 1 saturated heterocycles. The molecule has 0 spiro atoms. The molecule has 1 fully saturated rings. The SMILES string of the molecule is C[C@@H]1CN(CCOCCOc2ccc3ccccc3c2)C[C@H](C)O1. The van der Waals surface area contributed by atoms with Crippen molar-refractivity contribution in [1.29, 1.82) is 0 Å². The van der Waals surface area contributed by atoms with Gasteiger partial charge in [0.15, 0.2) is 0 Å². The van der Waals surface area contributed by atoms with Crippen LogP contribution in [-0.2, 0) is 9.47 Å². The Hall–Kier alpha value is -1.62. The molecule has 3 rings (SSSR count). The molecule has 0 unspecified atom stereocenters. The van der Waals surface area contributed by atoms with Crippen LogP contribution in [0.25, 0.3) is 10.8 Å². The summed E-state index contributed by atoms with van der Waals surface area (Å²) in [4.78, 5) is 2.41. The zero-order chi connectivity index (χ0) is 16.8. The molecule has 1 aliphatic rings. The van der Waals surface area contributed by atoms with Gasteiger partial charge in [0.1, 0.15) is 12.4 Å². The van der Waals surface area contributed by atoms with Gasteiger partial charge in [-0.15, -0.1) is 0 Å². The molecule has 2 aromatic rings. The minimum absolute atomic E-state index is 0.310. The smallest absolute Gasteiger partial charge is 0.120 e. The fraction of sp³-hybridized carbons (Fsp3) is 0.500. The highest BCUT2D eigenvalue weighted by molar-refractivity contribution is 5.83. The van der Waals surface area contributed by atoms with Crippen molar-refractivity contribution < 1.29 is 14.2 Å². The number of fused-ring (bicyclic) bond motifs is 1. The van der Waals surface area contributed by atoms with Gasteiger partial charge in [0.2, 0.25) is 0 Å². The molecule has 1 heterocycles.